The van der Waals surface area contributed by atoms with E-state index in [2.05, 4.69) is 20.8 Å². The zero-order valence-corrected chi connectivity index (χ0v) is 12.9. The van der Waals surface area contributed by atoms with Gasteiger partial charge in [0.05, 0.1) is 10.3 Å². The van der Waals surface area contributed by atoms with E-state index in [0.717, 1.165) is 9.95 Å². The molecule has 1 rings (SSSR count). The van der Waals surface area contributed by atoms with Crippen molar-refractivity contribution in [2.45, 2.75) is 59.0 Å². The lowest BCUT2D eigenvalue weighted by Crippen LogP contribution is -2.34. The van der Waals surface area contributed by atoms with E-state index in [9.17, 15) is 5.11 Å². The lowest BCUT2D eigenvalue weighted by molar-refractivity contribution is 0.0493. The molecule has 0 aromatic rings. The van der Waals surface area contributed by atoms with Crippen LogP contribution in [0.2, 0.25) is 0 Å². The highest BCUT2D eigenvalue weighted by Gasteiger charge is 2.30. The Balaban J connectivity index is 2.49. The van der Waals surface area contributed by atoms with Gasteiger partial charge in [0.15, 0.2) is 0 Å². The first-order valence-electron chi connectivity index (χ1n) is 6.92. The summed E-state index contributed by atoms with van der Waals surface area (Å²) in [5, 5.41) is 10.4. The fourth-order valence-corrected chi connectivity index (χ4v) is 3.99. The smallest absolute Gasteiger partial charge is 0.0647 e. The van der Waals surface area contributed by atoms with Gasteiger partial charge in [-0.1, -0.05) is 65.1 Å². The Kier molecular flexibility index (Phi) is 7.05. The summed E-state index contributed by atoms with van der Waals surface area (Å²) in [5.74, 6) is 2.25. The van der Waals surface area contributed by atoms with Crippen molar-refractivity contribution < 1.29 is 5.11 Å². The van der Waals surface area contributed by atoms with Crippen LogP contribution >= 0.6 is 24.0 Å². The lowest BCUT2D eigenvalue weighted by atomic mass is 9.76. The molecular formula is C14H26OS2. The summed E-state index contributed by atoms with van der Waals surface area (Å²) in [6, 6.07) is 0. The average Bonchev–Trinajstić information content (AvgIpc) is 2.37. The number of thiocarbonyl (C=S) groups is 1. The zero-order chi connectivity index (χ0) is 12.8. The first-order valence-corrected chi connectivity index (χ1v) is 8.32. The van der Waals surface area contributed by atoms with Gasteiger partial charge in [-0.3, -0.25) is 0 Å². The van der Waals surface area contributed by atoms with E-state index in [4.69, 9.17) is 12.2 Å². The Morgan fingerprint density at radius 1 is 1.29 bits per heavy atom. The molecule has 17 heavy (non-hydrogen) atoms. The molecule has 0 bridgehead atoms. The largest absolute Gasteiger partial charge is 0.392 e. The van der Waals surface area contributed by atoms with Crippen LogP contribution in [0.4, 0.5) is 0 Å². The Bertz CT molecular complexity index is 236. The van der Waals surface area contributed by atoms with E-state index in [-0.39, 0.29) is 12.0 Å². The van der Waals surface area contributed by atoms with Crippen molar-refractivity contribution in [3.05, 3.63) is 0 Å². The lowest BCUT2D eigenvalue weighted by Gasteiger charge is -2.33. The van der Waals surface area contributed by atoms with Gasteiger partial charge in [-0.15, -0.1) is 11.8 Å². The highest BCUT2D eigenvalue weighted by atomic mass is 32.2. The standard InChI is InChI=1S/C14H26OS2/c1-4-17-14(16)11(3)13(15)10(2)12-8-6-5-7-9-12/h10-13,15H,4-9H2,1-3H3/t10-,11-,13+/m1/s1. The number of hydrogen-bond acceptors (Lipinski definition) is 3. The maximum absolute atomic E-state index is 10.4. The first kappa shape index (κ1) is 15.5. The molecule has 1 aliphatic rings. The van der Waals surface area contributed by atoms with Crippen LogP contribution in [0.3, 0.4) is 0 Å². The zero-order valence-electron chi connectivity index (χ0n) is 11.3. The molecule has 100 valence electrons. The second kappa shape index (κ2) is 7.75. The van der Waals surface area contributed by atoms with E-state index in [1.807, 2.05) is 0 Å². The number of aliphatic hydroxyl groups excluding tert-OH is 1. The van der Waals surface area contributed by atoms with Crippen molar-refractivity contribution in [2.24, 2.45) is 17.8 Å². The third-order valence-electron chi connectivity index (χ3n) is 4.10. The molecule has 3 atom stereocenters. The van der Waals surface area contributed by atoms with Gasteiger partial charge in [0.1, 0.15) is 0 Å². The van der Waals surface area contributed by atoms with Crippen molar-refractivity contribution in [1.29, 1.82) is 0 Å². The summed E-state index contributed by atoms with van der Waals surface area (Å²) >= 11 is 7.08. The van der Waals surface area contributed by atoms with Crippen molar-refractivity contribution in [3.8, 4) is 0 Å². The van der Waals surface area contributed by atoms with Crippen molar-refractivity contribution in [1.82, 2.24) is 0 Å². The van der Waals surface area contributed by atoms with Gasteiger partial charge < -0.3 is 5.11 Å². The molecule has 0 aromatic heterocycles. The van der Waals surface area contributed by atoms with Gasteiger partial charge in [0, 0.05) is 5.92 Å². The van der Waals surface area contributed by atoms with Gasteiger partial charge in [-0.2, -0.15) is 0 Å². The number of hydrogen-bond donors (Lipinski definition) is 1. The van der Waals surface area contributed by atoms with Crippen molar-refractivity contribution >= 4 is 28.2 Å². The molecule has 0 aromatic carbocycles. The summed E-state index contributed by atoms with van der Waals surface area (Å²) in [5.41, 5.74) is 0. The normalized spacial score (nSPS) is 23.1. The highest BCUT2D eigenvalue weighted by molar-refractivity contribution is 8.23. The highest BCUT2D eigenvalue weighted by Crippen LogP contribution is 2.34. The molecule has 0 spiro atoms. The molecule has 1 saturated carbocycles. The fourth-order valence-electron chi connectivity index (χ4n) is 2.81. The van der Waals surface area contributed by atoms with Crippen LogP contribution in [0, 0.1) is 17.8 Å². The van der Waals surface area contributed by atoms with Crippen LogP contribution in [0.15, 0.2) is 0 Å². The summed E-state index contributed by atoms with van der Waals surface area (Å²) in [6.07, 6.45) is 6.37. The Hall–Kier alpha value is 0.400. The predicted octanol–water partition coefficient (Wildman–Crippen LogP) is 4.28. The minimum Gasteiger partial charge on any atom is -0.392 e. The second-order valence-corrected chi connectivity index (χ2v) is 7.29. The second-order valence-electron chi connectivity index (χ2n) is 5.29. The predicted molar refractivity (Wildman–Crippen MR) is 81.6 cm³/mol. The molecular weight excluding hydrogens is 248 g/mol. The summed E-state index contributed by atoms with van der Waals surface area (Å²) < 4.78 is 0.975. The SMILES string of the molecule is CCSC(=S)[C@H](C)[C@@H](O)[C@H](C)C1CCCCC1. The van der Waals surface area contributed by atoms with Gasteiger partial charge >= 0.3 is 0 Å². The van der Waals surface area contributed by atoms with Crippen LogP contribution in [-0.4, -0.2) is 21.2 Å². The van der Waals surface area contributed by atoms with Gasteiger partial charge in [0.25, 0.3) is 0 Å². The number of rotatable bonds is 5. The number of thioether (sulfide) groups is 1. The monoisotopic (exact) mass is 274 g/mol. The van der Waals surface area contributed by atoms with E-state index < -0.39 is 0 Å². The van der Waals surface area contributed by atoms with Gasteiger partial charge in [0.2, 0.25) is 0 Å². The fraction of sp³-hybridized carbons (Fsp3) is 0.929. The van der Waals surface area contributed by atoms with Crippen LogP contribution in [0.1, 0.15) is 52.9 Å². The minimum atomic E-state index is -0.260. The molecule has 1 fully saturated rings. The molecule has 1 N–H and O–H groups in total. The average molecular weight is 274 g/mol. The molecule has 1 nitrogen and oxygen atoms in total. The third kappa shape index (κ3) is 4.53. The van der Waals surface area contributed by atoms with E-state index >= 15 is 0 Å². The quantitative estimate of drug-likeness (QED) is 0.756. The summed E-state index contributed by atoms with van der Waals surface area (Å²) in [4.78, 5) is 0. The van der Waals surface area contributed by atoms with Gasteiger partial charge in [-0.05, 0) is 17.6 Å². The molecule has 0 saturated heterocycles. The van der Waals surface area contributed by atoms with E-state index in [0.29, 0.717) is 11.8 Å². The Morgan fingerprint density at radius 3 is 2.41 bits per heavy atom. The summed E-state index contributed by atoms with van der Waals surface area (Å²) in [7, 11) is 0. The Morgan fingerprint density at radius 2 is 1.88 bits per heavy atom. The molecule has 1 aliphatic carbocycles. The first-order chi connectivity index (χ1) is 8.07. The third-order valence-corrected chi connectivity index (χ3v) is 5.77. The molecule has 0 aliphatic heterocycles. The molecule has 0 radical (unpaired) electrons. The van der Waals surface area contributed by atoms with E-state index in [1.54, 1.807) is 11.8 Å². The topological polar surface area (TPSA) is 20.2 Å². The van der Waals surface area contributed by atoms with Gasteiger partial charge in [-0.25, -0.2) is 0 Å². The molecule has 0 amide bonds. The molecule has 3 heteroatoms. The van der Waals surface area contributed by atoms with Crippen LogP contribution in [0.5, 0.6) is 0 Å². The van der Waals surface area contributed by atoms with E-state index in [1.165, 1.54) is 32.1 Å². The molecule has 0 heterocycles. The van der Waals surface area contributed by atoms with Crippen molar-refractivity contribution in [3.63, 3.8) is 0 Å². The van der Waals surface area contributed by atoms with Crippen molar-refractivity contribution in [2.75, 3.05) is 5.75 Å². The summed E-state index contributed by atoms with van der Waals surface area (Å²) in [6.45, 7) is 6.39. The maximum Gasteiger partial charge on any atom is 0.0647 e. The minimum absolute atomic E-state index is 0.145. The van der Waals surface area contributed by atoms with Crippen LogP contribution < -0.4 is 0 Å². The Labute approximate surface area is 116 Å². The number of aliphatic hydroxyl groups is 1. The maximum atomic E-state index is 10.4. The molecule has 0 unspecified atom stereocenters. The van der Waals surface area contributed by atoms with Crippen LogP contribution in [0.25, 0.3) is 0 Å². The van der Waals surface area contributed by atoms with Crippen LogP contribution in [-0.2, 0) is 0 Å².